The Morgan fingerprint density at radius 1 is 1.42 bits per heavy atom. The van der Waals surface area contributed by atoms with Gasteiger partial charge >= 0.3 is 5.97 Å². The number of carboxylic acid groups (broad SMARTS) is 1. The second-order valence-electron chi connectivity index (χ2n) is 4.18. The number of nitrogens with zero attached hydrogens (tertiary/aromatic N) is 2. The summed E-state index contributed by atoms with van der Waals surface area (Å²) in [6.45, 7) is 2.82. The van der Waals surface area contributed by atoms with Crippen LogP contribution in [0.25, 0.3) is 11.1 Å². The number of aliphatic carboxylic acids is 1. The zero-order valence-electron chi connectivity index (χ0n) is 11.0. The van der Waals surface area contributed by atoms with Gasteiger partial charge < -0.3 is 9.84 Å². The van der Waals surface area contributed by atoms with Gasteiger partial charge in [-0.2, -0.15) is 5.10 Å². The number of rotatable bonds is 5. The lowest BCUT2D eigenvalue weighted by molar-refractivity contribution is -0.136. The van der Waals surface area contributed by atoms with Gasteiger partial charge in [0.05, 0.1) is 19.7 Å². The standard InChI is InChI=1S/C14H16N2O3/c1-3-16-9-12(8-15-16)10-4-5-13(19-2)11(6-10)7-14(17)18/h4-6,8-9H,3,7H2,1-2H3,(H,17,18). The molecule has 2 aromatic rings. The smallest absolute Gasteiger partial charge is 0.307 e. The molecule has 5 heteroatoms. The second kappa shape index (κ2) is 5.56. The van der Waals surface area contributed by atoms with Crippen molar-refractivity contribution in [3.8, 4) is 16.9 Å². The predicted octanol–water partition coefficient (Wildman–Crippen LogP) is 2.21. The molecule has 2 rings (SSSR count). The molecular formula is C14H16N2O3. The molecule has 1 aromatic heterocycles. The number of methoxy groups -OCH3 is 1. The van der Waals surface area contributed by atoms with Gasteiger partial charge in [-0.05, 0) is 24.6 Å². The quantitative estimate of drug-likeness (QED) is 0.895. The summed E-state index contributed by atoms with van der Waals surface area (Å²) in [5.74, 6) is -0.284. The molecular weight excluding hydrogens is 244 g/mol. The lowest BCUT2D eigenvalue weighted by Crippen LogP contribution is -2.02. The fourth-order valence-corrected chi connectivity index (χ4v) is 1.94. The minimum absolute atomic E-state index is 0.0566. The van der Waals surface area contributed by atoms with Gasteiger partial charge in [0.2, 0.25) is 0 Å². The van der Waals surface area contributed by atoms with Crippen molar-refractivity contribution in [2.75, 3.05) is 7.11 Å². The first-order valence-electron chi connectivity index (χ1n) is 6.05. The summed E-state index contributed by atoms with van der Waals surface area (Å²) < 4.78 is 7.01. The topological polar surface area (TPSA) is 64.3 Å². The van der Waals surface area contributed by atoms with Crippen molar-refractivity contribution in [2.45, 2.75) is 19.9 Å². The summed E-state index contributed by atoms with van der Waals surface area (Å²) in [6.07, 6.45) is 3.65. The van der Waals surface area contributed by atoms with E-state index in [1.165, 1.54) is 7.11 Å². The molecule has 0 aliphatic carbocycles. The molecule has 1 N–H and O–H groups in total. The van der Waals surface area contributed by atoms with Crippen LogP contribution in [0.4, 0.5) is 0 Å². The van der Waals surface area contributed by atoms with Crippen molar-refractivity contribution in [3.63, 3.8) is 0 Å². The minimum atomic E-state index is -0.875. The molecule has 1 heterocycles. The summed E-state index contributed by atoms with van der Waals surface area (Å²) in [4.78, 5) is 10.9. The lowest BCUT2D eigenvalue weighted by Gasteiger charge is -2.08. The van der Waals surface area contributed by atoms with E-state index in [1.54, 1.807) is 12.3 Å². The Labute approximate surface area is 111 Å². The molecule has 5 nitrogen and oxygen atoms in total. The maximum absolute atomic E-state index is 10.9. The zero-order valence-corrected chi connectivity index (χ0v) is 11.0. The van der Waals surface area contributed by atoms with Crippen LogP contribution in [0.15, 0.2) is 30.6 Å². The summed E-state index contributed by atoms with van der Waals surface area (Å²) in [5, 5.41) is 13.1. The number of aryl methyl sites for hydroxylation is 1. The normalized spacial score (nSPS) is 10.4. The molecule has 0 aliphatic heterocycles. The number of aromatic nitrogens is 2. The van der Waals surface area contributed by atoms with E-state index >= 15 is 0 Å². The van der Waals surface area contributed by atoms with E-state index in [-0.39, 0.29) is 6.42 Å². The molecule has 0 radical (unpaired) electrons. The van der Waals surface area contributed by atoms with E-state index < -0.39 is 5.97 Å². The first kappa shape index (κ1) is 13.1. The van der Waals surface area contributed by atoms with Crippen LogP contribution in [0.3, 0.4) is 0 Å². The van der Waals surface area contributed by atoms with Gasteiger partial charge in [-0.15, -0.1) is 0 Å². The van der Waals surface area contributed by atoms with Crippen LogP contribution < -0.4 is 4.74 Å². The molecule has 0 bridgehead atoms. The third kappa shape index (κ3) is 2.93. The summed E-state index contributed by atoms with van der Waals surface area (Å²) >= 11 is 0. The van der Waals surface area contributed by atoms with Crippen LogP contribution >= 0.6 is 0 Å². The first-order chi connectivity index (χ1) is 9.13. The van der Waals surface area contributed by atoms with Gasteiger partial charge in [0.1, 0.15) is 5.75 Å². The highest BCUT2D eigenvalue weighted by molar-refractivity contribution is 5.73. The van der Waals surface area contributed by atoms with Crippen LogP contribution in [0.1, 0.15) is 12.5 Å². The number of hydrogen-bond donors (Lipinski definition) is 1. The Hall–Kier alpha value is -2.30. The van der Waals surface area contributed by atoms with E-state index in [2.05, 4.69) is 5.10 Å². The monoisotopic (exact) mass is 260 g/mol. The van der Waals surface area contributed by atoms with Gasteiger partial charge in [-0.3, -0.25) is 9.48 Å². The van der Waals surface area contributed by atoms with E-state index in [0.717, 1.165) is 17.7 Å². The fraction of sp³-hybridized carbons (Fsp3) is 0.286. The van der Waals surface area contributed by atoms with Gasteiger partial charge in [0, 0.05) is 23.9 Å². The summed E-state index contributed by atoms with van der Waals surface area (Å²) in [7, 11) is 1.54. The third-order valence-electron chi connectivity index (χ3n) is 2.91. The third-order valence-corrected chi connectivity index (χ3v) is 2.91. The highest BCUT2D eigenvalue weighted by Gasteiger charge is 2.10. The molecule has 0 atom stereocenters. The Balaban J connectivity index is 2.38. The number of hydrogen-bond acceptors (Lipinski definition) is 3. The first-order valence-corrected chi connectivity index (χ1v) is 6.05. The molecule has 19 heavy (non-hydrogen) atoms. The zero-order chi connectivity index (χ0) is 13.8. The highest BCUT2D eigenvalue weighted by Crippen LogP contribution is 2.26. The molecule has 0 fully saturated rings. The number of carboxylic acids is 1. The van der Waals surface area contributed by atoms with Gasteiger partial charge in [-0.1, -0.05) is 6.07 Å². The van der Waals surface area contributed by atoms with Crippen molar-refractivity contribution < 1.29 is 14.6 Å². The second-order valence-corrected chi connectivity index (χ2v) is 4.18. The lowest BCUT2D eigenvalue weighted by atomic mass is 10.0. The number of ether oxygens (including phenoxy) is 1. The van der Waals surface area contributed by atoms with Crippen LogP contribution in [0, 0.1) is 0 Å². The average Bonchev–Trinajstić information content (AvgIpc) is 2.86. The Bertz CT molecular complexity index is 590. The molecule has 0 saturated carbocycles. The van der Waals surface area contributed by atoms with Crippen molar-refractivity contribution in [1.82, 2.24) is 9.78 Å². The molecule has 100 valence electrons. The average molecular weight is 260 g/mol. The minimum Gasteiger partial charge on any atom is -0.496 e. The van der Waals surface area contributed by atoms with E-state index in [0.29, 0.717) is 11.3 Å². The highest BCUT2D eigenvalue weighted by atomic mass is 16.5. The SMILES string of the molecule is CCn1cc(-c2ccc(OC)c(CC(=O)O)c2)cn1. The predicted molar refractivity (Wildman–Crippen MR) is 71.2 cm³/mol. The van der Waals surface area contributed by atoms with Crippen molar-refractivity contribution in [1.29, 1.82) is 0 Å². The van der Waals surface area contributed by atoms with Crippen molar-refractivity contribution >= 4 is 5.97 Å². The van der Waals surface area contributed by atoms with Gasteiger partial charge in [-0.25, -0.2) is 0 Å². The summed E-state index contributed by atoms with van der Waals surface area (Å²) in [5.41, 5.74) is 2.57. The van der Waals surface area contributed by atoms with E-state index in [4.69, 9.17) is 9.84 Å². The van der Waals surface area contributed by atoms with Crippen LogP contribution in [-0.2, 0) is 17.8 Å². The number of carbonyl (C=O) groups is 1. The molecule has 0 amide bonds. The van der Waals surface area contributed by atoms with E-state index in [1.807, 2.05) is 29.9 Å². The van der Waals surface area contributed by atoms with E-state index in [9.17, 15) is 4.79 Å². The maximum Gasteiger partial charge on any atom is 0.307 e. The molecule has 0 unspecified atom stereocenters. The van der Waals surface area contributed by atoms with Crippen LogP contribution in [0.5, 0.6) is 5.75 Å². The van der Waals surface area contributed by atoms with Crippen LogP contribution in [0.2, 0.25) is 0 Å². The summed E-state index contributed by atoms with van der Waals surface area (Å²) in [6, 6.07) is 5.53. The Morgan fingerprint density at radius 2 is 2.21 bits per heavy atom. The molecule has 0 aliphatic rings. The molecule has 0 spiro atoms. The molecule has 1 aromatic carbocycles. The van der Waals surface area contributed by atoms with Crippen molar-refractivity contribution in [2.24, 2.45) is 0 Å². The Kier molecular flexibility index (Phi) is 3.85. The Morgan fingerprint density at radius 3 is 2.79 bits per heavy atom. The van der Waals surface area contributed by atoms with Gasteiger partial charge in [0.15, 0.2) is 0 Å². The maximum atomic E-state index is 10.9. The van der Waals surface area contributed by atoms with Gasteiger partial charge in [0.25, 0.3) is 0 Å². The van der Waals surface area contributed by atoms with Crippen LogP contribution in [-0.4, -0.2) is 28.0 Å². The largest absolute Gasteiger partial charge is 0.496 e. The fourth-order valence-electron chi connectivity index (χ4n) is 1.94. The molecule has 0 saturated heterocycles. The van der Waals surface area contributed by atoms with Crippen molar-refractivity contribution in [3.05, 3.63) is 36.2 Å². The number of benzene rings is 1.